The van der Waals surface area contributed by atoms with Crippen LogP contribution in [0.4, 0.5) is 13.2 Å². The summed E-state index contributed by atoms with van der Waals surface area (Å²) in [6, 6.07) is 0. The summed E-state index contributed by atoms with van der Waals surface area (Å²) in [6.45, 7) is 5.36. The quantitative estimate of drug-likeness (QED) is 0.487. The van der Waals surface area contributed by atoms with E-state index in [0.29, 0.717) is 25.7 Å². The van der Waals surface area contributed by atoms with Crippen LogP contribution in [0, 0.1) is 0 Å². The SMILES string of the molecule is CCNC(=NCC1(C)CCCO1)NCCC(O)(c1nccn1C)C(F)(F)F. The van der Waals surface area contributed by atoms with Gasteiger partial charge in [0, 0.05) is 45.6 Å². The van der Waals surface area contributed by atoms with E-state index >= 15 is 0 Å². The van der Waals surface area contributed by atoms with Gasteiger partial charge in [-0.2, -0.15) is 13.2 Å². The maximum atomic E-state index is 13.5. The smallest absolute Gasteiger partial charge is 0.374 e. The Bertz CT molecular complexity index is 641. The molecule has 0 aliphatic carbocycles. The van der Waals surface area contributed by atoms with Gasteiger partial charge < -0.3 is 25.0 Å². The highest BCUT2D eigenvalue weighted by molar-refractivity contribution is 5.79. The molecule has 0 spiro atoms. The third kappa shape index (κ3) is 5.13. The summed E-state index contributed by atoms with van der Waals surface area (Å²) in [6.07, 6.45) is -0.990. The van der Waals surface area contributed by atoms with E-state index < -0.39 is 24.0 Å². The van der Waals surface area contributed by atoms with Crippen molar-refractivity contribution in [2.45, 2.75) is 50.5 Å². The Morgan fingerprint density at radius 2 is 2.19 bits per heavy atom. The van der Waals surface area contributed by atoms with Crippen LogP contribution in [0.1, 0.15) is 38.9 Å². The summed E-state index contributed by atoms with van der Waals surface area (Å²) >= 11 is 0. The lowest BCUT2D eigenvalue weighted by atomic mass is 9.97. The van der Waals surface area contributed by atoms with Gasteiger partial charge in [0.05, 0.1) is 12.1 Å². The molecule has 0 bridgehead atoms. The van der Waals surface area contributed by atoms with Crippen molar-refractivity contribution < 1.29 is 23.0 Å². The minimum Gasteiger partial charge on any atom is -0.374 e. The lowest BCUT2D eigenvalue weighted by molar-refractivity contribution is -0.272. The van der Waals surface area contributed by atoms with E-state index in [2.05, 4.69) is 20.6 Å². The maximum absolute atomic E-state index is 13.5. The van der Waals surface area contributed by atoms with Gasteiger partial charge in [-0.05, 0) is 26.7 Å². The highest BCUT2D eigenvalue weighted by Gasteiger charge is 2.57. The van der Waals surface area contributed by atoms with E-state index in [1.54, 1.807) is 0 Å². The summed E-state index contributed by atoms with van der Waals surface area (Å²) in [5, 5.41) is 16.2. The summed E-state index contributed by atoms with van der Waals surface area (Å²) in [5.41, 5.74) is -3.39. The molecule has 1 saturated heterocycles. The zero-order valence-corrected chi connectivity index (χ0v) is 15.9. The molecule has 154 valence electrons. The normalized spacial score (nSPS) is 23.3. The fourth-order valence-electron chi connectivity index (χ4n) is 3.06. The van der Waals surface area contributed by atoms with E-state index in [1.807, 2.05) is 13.8 Å². The number of halogens is 3. The fourth-order valence-corrected chi connectivity index (χ4v) is 3.06. The van der Waals surface area contributed by atoms with Crippen LogP contribution in [0.25, 0.3) is 0 Å². The molecule has 10 heteroatoms. The van der Waals surface area contributed by atoms with Gasteiger partial charge in [-0.1, -0.05) is 0 Å². The molecule has 0 amide bonds. The van der Waals surface area contributed by atoms with E-state index in [9.17, 15) is 18.3 Å². The molecule has 1 aliphatic rings. The molecule has 1 aliphatic heterocycles. The lowest BCUT2D eigenvalue weighted by Crippen LogP contribution is -2.48. The number of aromatic nitrogens is 2. The molecule has 27 heavy (non-hydrogen) atoms. The lowest BCUT2D eigenvalue weighted by Gasteiger charge is -2.30. The zero-order chi connectivity index (χ0) is 20.1. The Balaban J connectivity index is 2.04. The Kier molecular flexibility index (Phi) is 6.74. The number of alkyl halides is 3. The minimum atomic E-state index is -4.85. The number of imidazole rings is 1. The second-order valence-corrected chi connectivity index (χ2v) is 6.99. The molecule has 0 saturated carbocycles. The van der Waals surface area contributed by atoms with Crippen molar-refractivity contribution in [1.29, 1.82) is 0 Å². The molecule has 2 heterocycles. The van der Waals surface area contributed by atoms with Gasteiger partial charge in [-0.15, -0.1) is 0 Å². The zero-order valence-electron chi connectivity index (χ0n) is 15.9. The van der Waals surface area contributed by atoms with Crippen LogP contribution in [-0.4, -0.2) is 58.6 Å². The van der Waals surface area contributed by atoms with Crippen LogP contribution in [0.3, 0.4) is 0 Å². The molecule has 2 unspecified atom stereocenters. The monoisotopic (exact) mass is 391 g/mol. The number of rotatable bonds is 7. The molecule has 3 N–H and O–H groups in total. The van der Waals surface area contributed by atoms with Crippen LogP contribution in [0.15, 0.2) is 17.4 Å². The van der Waals surface area contributed by atoms with E-state index in [-0.39, 0.29) is 12.1 Å². The van der Waals surface area contributed by atoms with Crippen LogP contribution in [-0.2, 0) is 17.4 Å². The molecular formula is C17H28F3N5O2. The fraction of sp³-hybridized carbons (Fsp3) is 0.765. The third-order valence-electron chi connectivity index (χ3n) is 4.66. The average molecular weight is 391 g/mol. The molecule has 1 aromatic rings. The molecule has 1 aromatic heterocycles. The molecule has 7 nitrogen and oxygen atoms in total. The van der Waals surface area contributed by atoms with E-state index in [4.69, 9.17) is 4.74 Å². The highest BCUT2D eigenvalue weighted by Crippen LogP contribution is 2.40. The van der Waals surface area contributed by atoms with Gasteiger partial charge in [0.2, 0.25) is 5.60 Å². The summed E-state index contributed by atoms with van der Waals surface area (Å²) in [7, 11) is 1.42. The number of nitrogens with zero attached hydrogens (tertiary/aromatic N) is 3. The van der Waals surface area contributed by atoms with Crippen molar-refractivity contribution in [3.8, 4) is 0 Å². The van der Waals surface area contributed by atoms with E-state index in [1.165, 1.54) is 24.0 Å². The summed E-state index contributed by atoms with van der Waals surface area (Å²) in [5.74, 6) is -0.0517. The number of aryl methyl sites for hydroxylation is 1. The van der Waals surface area contributed by atoms with E-state index in [0.717, 1.165) is 12.8 Å². The number of aliphatic imine (C=N–C) groups is 1. The van der Waals surface area contributed by atoms with Gasteiger partial charge in [0.15, 0.2) is 5.96 Å². The topological polar surface area (TPSA) is 83.7 Å². The van der Waals surface area contributed by atoms with Gasteiger partial charge in [0.1, 0.15) is 5.82 Å². The predicted octanol–water partition coefficient (Wildman–Crippen LogP) is 1.68. The van der Waals surface area contributed by atoms with Crippen LogP contribution >= 0.6 is 0 Å². The molecule has 0 aromatic carbocycles. The van der Waals surface area contributed by atoms with Crippen molar-refractivity contribution >= 4 is 5.96 Å². The maximum Gasteiger partial charge on any atom is 0.424 e. The number of guanidine groups is 1. The van der Waals surface area contributed by atoms with Crippen molar-refractivity contribution in [3.63, 3.8) is 0 Å². The van der Waals surface area contributed by atoms with Gasteiger partial charge in [0.25, 0.3) is 0 Å². The molecule has 2 atom stereocenters. The molecule has 2 rings (SSSR count). The Hall–Kier alpha value is -1.81. The van der Waals surface area contributed by atoms with Crippen LogP contribution in [0.5, 0.6) is 0 Å². The van der Waals surface area contributed by atoms with Gasteiger partial charge >= 0.3 is 6.18 Å². The van der Waals surface area contributed by atoms with Crippen LogP contribution < -0.4 is 10.6 Å². The standard InChI is InChI=1S/C17H28F3N5O2/c1-4-21-14(24-12-15(2)6-5-11-27-15)23-8-7-16(26,17(18,19)20)13-22-9-10-25(13)3/h9-10,26H,4-8,11-12H2,1-3H3,(H2,21,23,24). The van der Waals surface area contributed by atoms with Crippen molar-refractivity contribution in [1.82, 2.24) is 20.2 Å². The highest BCUT2D eigenvalue weighted by atomic mass is 19.4. The average Bonchev–Trinajstić information content (AvgIpc) is 3.20. The number of hydrogen-bond donors (Lipinski definition) is 3. The van der Waals surface area contributed by atoms with Crippen molar-refractivity contribution in [2.75, 3.05) is 26.2 Å². The molecule has 0 radical (unpaired) electrons. The number of aliphatic hydroxyl groups is 1. The first-order chi connectivity index (χ1) is 12.6. The van der Waals surface area contributed by atoms with Gasteiger partial charge in [-0.3, -0.25) is 4.99 Å². The number of hydrogen-bond acceptors (Lipinski definition) is 4. The first-order valence-electron chi connectivity index (χ1n) is 9.04. The minimum absolute atomic E-state index is 0.133. The Morgan fingerprint density at radius 3 is 2.70 bits per heavy atom. The molecular weight excluding hydrogens is 363 g/mol. The van der Waals surface area contributed by atoms with Gasteiger partial charge in [-0.25, -0.2) is 4.98 Å². The third-order valence-corrected chi connectivity index (χ3v) is 4.66. The summed E-state index contributed by atoms with van der Waals surface area (Å²) < 4.78 is 47.4. The summed E-state index contributed by atoms with van der Waals surface area (Å²) in [4.78, 5) is 8.10. The van der Waals surface area contributed by atoms with Crippen molar-refractivity contribution in [2.24, 2.45) is 12.0 Å². The number of ether oxygens (including phenoxy) is 1. The number of nitrogens with one attached hydrogen (secondary N) is 2. The molecule has 1 fully saturated rings. The van der Waals surface area contributed by atoms with Crippen molar-refractivity contribution in [3.05, 3.63) is 18.2 Å². The first kappa shape index (κ1) is 21.5. The van der Waals surface area contributed by atoms with Crippen LogP contribution in [0.2, 0.25) is 0 Å². The second kappa shape index (κ2) is 8.47. The predicted molar refractivity (Wildman–Crippen MR) is 95.3 cm³/mol. The first-order valence-corrected chi connectivity index (χ1v) is 9.04. The largest absolute Gasteiger partial charge is 0.424 e. The Labute approximate surface area is 157 Å². The second-order valence-electron chi connectivity index (χ2n) is 6.99. The Morgan fingerprint density at radius 1 is 1.44 bits per heavy atom.